The molecule has 0 bridgehead atoms. The van der Waals surface area contributed by atoms with E-state index in [1.54, 1.807) is 68.0 Å². The van der Waals surface area contributed by atoms with E-state index in [9.17, 15) is 0 Å². The molecule has 6 aromatic rings. The van der Waals surface area contributed by atoms with Crippen LogP contribution in [0.4, 0.5) is 0 Å². The van der Waals surface area contributed by atoms with Crippen LogP contribution in [-0.4, -0.2) is 26.4 Å². The smallest absolute Gasteiger partial charge is 0.181 e. The van der Waals surface area contributed by atoms with E-state index in [1.165, 1.54) is 29.3 Å². The molecule has 0 aromatic carbocycles. The predicted octanol–water partition coefficient (Wildman–Crippen LogP) is 9.93. The van der Waals surface area contributed by atoms with Crippen molar-refractivity contribution in [2.75, 3.05) is 26.4 Å². The van der Waals surface area contributed by atoms with Crippen LogP contribution in [0.25, 0.3) is 48.8 Å². The lowest BCUT2D eigenvalue weighted by Gasteiger charge is -2.16. The first-order chi connectivity index (χ1) is 18.8. The van der Waals surface area contributed by atoms with Gasteiger partial charge in [0.05, 0.1) is 19.5 Å². The van der Waals surface area contributed by atoms with Gasteiger partial charge in [-0.2, -0.15) is 0 Å². The molecule has 0 saturated carbocycles. The highest BCUT2D eigenvalue weighted by molar-refractivity contribution is 7.30. The molecule has 190 valence electrons. The first-order valence-electron chi connectivity index (χ1n) is 12.0. The van der Waals surface area contributed by atoms with Gasteiger partial charge in [-0.15, -0.1) is 68.0 Å². The maximum atomic E-state index is 6.13. The first-order valence-corrected chi connectivity index (χ1v) is 17.0. The summed E-state index contributed by atoms with van der Waals surface area (Å²) in [5.74, 6) is 3.54. The molecule has 2 aliphatic heterocycles. The molecule has 0 N–H and O–H groups in total. The molecule has 38 heavy (non-hydrogen) atoms. The molecule has 0 atom stereocenters. The van der Waals surface area contributed by atoms with Crippen molar-refractivity contribution in [2.45, 2.75) is 0 Å². The number of hydrogen-bond acceptors (Lipinski definition) is 10. The van der Waals surface area contributed by atoms with Crippen molar-refractivity contribution in [3.63, 3.8) is 0 Å². The molecular formula is C28H18O4S6. The van der Waals surface area contributed by atoms with Gasteiger partial charge in [0, 0.05) is 29.3 Å². The molecule has 10 heteroatoms. The van der Waals surface area contributed by atoms with Gasteiger partial charge in [-0.1, -0.05) is 12.1 Å². The van der Waals surface area contributed by atoms with Gasteiger partial charge in [0.25, 0.3) is 0 Å². The summed E-state index contributed by atoms with van der Waals surface area (Å²) in [5.41, 5.74) is 0. The van der Waals surface area contributed by atoms with E-state index in [2.05, 4.69) is 59.3 Å². The van der Waals surface area contributed by atoms with Gasteiger partial charge < -0.3 is 18.9 Å². The minimum Gasteiger partial charge on any atom is -0.485 e. The zero-order valence-corrected chi connectivity index (χ0v) is 24.6. The number of ether oxygens (including phenoxy) is 4. The SMILES string of the molecule is c1csc(-c2sc(-c3ccc(-c4ccc(-c5sc(-c6cccs6)c6c5OCCO6)s4)s3)c3c2OCCO3)c1. The van der Waals surface area contributed by atoms with Crippen LogP contribution in [-0.2, 0) is 0 Å². The number of fused-ring (bicyclic) bond motifs is 2. The van der Waals surface area contributed by atoms with Crippen molar-refractivity contribution >= 4 is 68.0 Å². The molecule has 0 unspecified atom stereocenters. The molecule has 8 heterocycles. The van der Waals surface area contributed by atoms with Crippen LogP contribution in [0.5, 0.6) is 23.0 Å². The second-order valence-corrected chi connectivity index (χ2v) is 14.6. The lowest BCUT2D eigenvalue weighted by Crippen LogP contribution is -2.14. The van der Waals surface area contributed by atoms with Crippen LogP contribution in [0, 0.1) is 0 Å². The summed E-state index contributed by atoms with van der Waals surface area (Å²) < 4.78 is 24.4. The summed E-state index contributed by atoms with van der Waals surface area (Å²) in [5, 5.41) is 4.21. The van der Waals surface area contributed by atoms with E-state index >= 15 is 0 Å². The van der Waals surface area contributed by atoms with Crippen LogP contribution in [0.15, 0.2) is 59.3 Å². The Labute approximate surface area is 242 Å². The van der Waals surface area contributed by atoms with Gasteiger partial charge in [0.1, 0.15) is 26.4 Å². The van der Waals surface area contributed by atoms with Gasteiger partial charge in [0.15, 0.2) is 23.0 Å². The van der Waals surface area contributed by atoms with Gasteiger partial charge in [-0.05, 0) is 47.2 Å². The first kappa shape index (κ1) is 23.3. The van der Waals surface area contributed by atoms with Gasteiger partial charge >= 0.3 is 0 Å². The molecule has 2 aliphatic rings. The van der Waals surface area contributed by atoms with Crippen molar-refractivity contribution in [2.24, 2.45) is 0 Å². The third kappa shape index (κ3) is 3.85. The van der Waals surface area contributed by atoms with Crippen molar-refractivity contribution in [3.8, 4) is 71.8 Å². The maximum Gasteiger partial charge on any atom is 0.181 e. The lowest BCUT2D eigenvalue weighted by molar-refractivity contribution is 0.175. The third-order valence-electron chi connectivity index (χ3n) is 6.19. The van der Waals surface area contributed by atoms with Crippen LogP contribution >= 0.6 is 68.0 Å². The Morgan fingerprint density at radius 2 is 0.763 bits per heavy atom. The molecular weight excluding hydrogens is 593 g/mol. The summed E-state index contributed by atoms with van der Waals surface area (Å²) >= 11 is 10.6. The number of hydrogen-bond donors (Lipinski definition) is 0. The van der Waals surface area contributed by atoms with Crippen molar-refractivity contribution in [3.05, 3.63) is 59.3 Å². The number of rotatable bonds is 5. The van der Waals surface area contributed by atoms with Gasteiger partial charge in [-0.3, -0.25) is 0 Å². The fourth-order valence-corrected chi connectivity index (χ4v) is 10.9. The lowest BCUT2D eigenvalue weighted by atomic mass is 10.2. The Morgan fingerprint density at radius 3 is 1.13 bits per heavy atom. The highest BCUT2D eigenvalue weighted by atomic mass is 32.1. The van der Waals surface area contributed by atoms with E-state index in [4.69, 9.17) is 18.9 Å². The summed E-state index contributed by atoms with van der Waals surface area (Å²) in [6.45, 7) is 2.34. The standard InChI is InChI=1S/C28H18O4S6/c1-3-17(33-13-1)25-21-23(31-11-9-29-21)27(37-25)19-7-5-15(35-19)16-6-8-20(36-16)28-24-22(30-10-12-32-24)26(38-28)18-4-2-14-34-18/h1-8,13-14H,9-12H2. The van der Waals surface area contributed by atoms with Gasteiger partial charge in [-0.25, -0.2) is 0 Å². The highest BCUT2D eigenvalue weighted by Gasteiger charge is 2.29. The summed E-state index contributed by atoms with van der Waals surface area (Å²) in [7, 11) is 0. The van der Waals surface area contributed by atoms with Crippen molar-refractivity contribution < 1.29 is 18.9 Å². The topological polar surface area (TPSA) is 36.9 Å². The normalized spacial score (nSPS) is 14.2. The molecule has 4 nitrogen and oxygen atoms in total. The Morgan fingerprint density at radius 1 is 0.395 bits per heavy atom. The summed E-state index contributed by atoms with van der Waals surface area (Å²) in [6.07, 6.45) is 0. The second kappa shape index (κ2) is 9.55. The average Bonchev–Trinajstić information content (AvgIpc) is 3.79. The number of thiophene rings is 6. The largest absolute Gasteiger partial charge is 0.485 e. The summed E-state index contributed by atoms with van der Waals surface area (Å²) in [6, 6.07) is 17.3. The minimum absolute atomic E-state index is 0.581. The Hall–Kier alpha value is -2.60. The van der Waals surface area contributed by atoms with Crippen LogP contribution in [0.1, 0.15) is 0 Å². The van der Waals surface area contributed by atoms with Crippen LogP contribution < -0.4 is 18.9 Å². The Bertz CT molecular complexity index is 1600. The van der Waals surface area contributed by atoms with E-state index in [1.807, 2.05) is 0 Å². The molecule has 8 rings (SSSR count). The second-order valence-electron chi connectivity index (χ2n) is 8.51. The van der Waals surface area contributed by atoms with Gasteiger partial charge in [0.2, 0.25) is 0 Å². The highest BCUT2D eigenvalue weighted by Crippen LogP contribution is 2.58. The Balaban J connectivity index is 1.15. The Kier molecular flexibility index (Phi) is 5.85. The van der Waals surface area contributed by atoms with E-state index in [0.717, 1.165) is 42.5 Å². The quantitative estimate of drug-likeness (QED) is 0.195. The van der Waals surface area contributed by atoms with Crippen LogP contribution in [0.2, 0.25) is 0 Å². The molecule has 0 radical (unpaired) electrons. The van der Waals surface area contributed by atoms with Crippen LogP contribution in [0.3, 0.4) is 0 Å². The van der Waals surface area contributed by atoms with E-state index < -0.39 is 0 Å². The monoisotopic (exact) mass is 610 g/mol. The minimum atomic E-state index is 0.581. The predicted molar refractivity (Wildman–Crippen MR) is 163 cm³/mol. The fourth-order valence-electron chi connectivity index (χ4n) is 4.55. The molecule has 0 amide bonds. The third-order valence-corrected chi connectivity index (χ3v) is 13.3. The van der Waals surface area contributed by atoms with Crippen molar-refractivity contribution in [1.29, 1.82) is 0 Å². The summed E-state index contributed by atoms with van der Waals surface area (Å²) in [4.78, 5) is 11.9. The molecule has 0 aliphatic carbocycles. The average molecular weight is 611 g/mol. The molecule has 0 spiro atoms. The molecule has 6 aromatic heterocycles. The zero-order chi connectivity index (χ0) is 25.1. The van der Waals surface area contributed by atoms with Crippen molar-refractivity contribution in [1.82, 2.24) is 0 Å². The van der Waals surface area contributed by atoms with E-state index in [-0.39, 0.29) is 0 Å². The zero-order valence-electron chi connectivity index (χ0n) is 19.7. The molecule has 0 fully saturated rings. The van der Waals surface area contributed by atoms with E-state index in [0.29, 0.717) is 26.4 Å². The molecule has 0 saturated heterocycles. The maximum absolute atomic E-state index is 6.13. The fraction of sp³-hybridized carbons (Fsp3) is 0.143.